The molecule has 1 aliphatic carbocycles. The minimum absolute atomic E-state index is 0.652. The lowest BCUT2D eigenvalue weighted by Gasteiger charge is -2.21. The minimum atomic E-state index is 0.652. The fourth-order valence-corrected chi connectivity index (χ4v) is 2.87. The second-order valence-corrected chi connectivity index (χ2v) is 4.75. The van der Waals surface area contributed by atoms with Crippen LogP contribution in [0.15, 0.2) is 0 Å². The molecule has 0 aliphatic heterocycles. The molecule has 3 nitrogen and oxygen atoms in total. The maximum Gasteiger partial charge on any atom is 0.143 e. The van der Waals surface area contributed by atoms with Crippen LogP contribution in [-0.2, 0) is 11.9 Å². The molecule has 1 aliphatic rings. The first kappa shape index (κ1) is 11.1. The van der Waals surface area contributed by atoms with Crippen LogP contribution in [-0.4, -0.2) is 14.8 Å². The first-order chi connectivity index (χ1) is 7.36. The van der Waals surface area contributed by atoms with Crippen LogP contribution in [0.1, 0.15) is 56.6 Å². The van der Waals surface area contributed by atoms with Gasteiger partial charge in [-0.1, -0.05) is 35.2 Å². The molecule has 0 saturated heterocycles. The lowest BCUT2D eigenvalue weighted by Crippen LogP contribution is -2.12. The molecule has 0 bridgehead atoms. The number of rotatable bonds is 3. The van der Waals surface area contributed by atoms with Gasteiger partial charge in [-0.25, -0.2) is 0 Å². The summed E-state index contributed by atoms with van der Waals surface area (Å²) in [5.74, 6) is 2.93. The third kappa shape index (κ3) is 2.25. The van der Waals surface area contributed by atoms with Gasteiger partial charge in [-0.3, -0.25) is 0 Å². The zero-order chi connectivity index (χ0) is 10.7. The van der Waals surface area contributed by atoms with Crippen LogP contribution in [0.3, 0.4) is 0 Å². The van der Waals surface area contributed by atoms with Crippen LogP contribution in [0, 0.1) is 0 Å². The number of halogens is 1. The zero-order valence-corrected chi connectivity index (χ0v) is 10.8. The van der Waals surface area contributed by atoms with Crippen LogP contribution in [0.5, 0.6) is 0 Å². The van der Waals surface area contributed by atoms with E-state index in [4.69, 9.17) is 0 Å². The molecule has 1 heterocycles. The molecule has 2 rings (SSSR count). The van der Waals surface area contributed by atoms with Gasteiger partial charge in [0.1, 0.15) is 11.6 Å². The van der Waals surface area contributed by atoms with Crippen molar-refractivity contribution < 1.29 is 0 Å². The van der Waals surface area contributed by atoms with Crippen molar-refractivity contribution in [1.82, 2.24) is 14.8 Å². The number of nitrogens with zero attached hydrogens (tertiary/aromatic N) is 3. The summed E-state index contributed by atoms with van der Waals surface area (Å²) in [6, 6.07) is 0. The molecule has 1 fully saturated rings. The quantitative estimate of drug-likeness (QED) is 0.791. The topological polar surface area (TPSA) is 30.7 Å². The standard InChI is InChI=1S/C11H18BrN3/c1-2-15-10(8-12)13-14-11(15)9-6-4-3-5-7-9/h9H,2-8H2,1H3. The molecule has 15 heavy (non-hydrogen) atoms. The third-order valence-electron chi connectivity index (χ3n) is 3.26. The molecule has 4 heteroatoms. The second-order valence-electron chi connectivity index (χ2n) is 4.19. The molecule has 0 amide bonds. The Labute approximate surface area is 99.4 Å². The molecule has 0 aromatic carbocycles. The van der Waals surface area contributed by atoms with Crippen LogP contribution in [0.25, 0.3) is 0 Å². The van der Waals surface area contributed by atoms with Crippen LogP contribution >= 0.6 is 15.9 Å². The number of alkyl halides is 1. The normalized spacial score (nSPS) is 18.3. The molecular formula is C11H18BrN3. The SMILES string of the molecule is CCn1c(CBr)nnc1C1CCCCC1. The van der Waals surface area contributed by atoms with Gasteiger partial charge < -0.3 is 4.57 Å². The smallest absolute Gasteiger partial charge is 0.143 e. The fourth-order valence-electron chi connectivity index (χ4n) is 2.46. The van der Waals surface area contributed by atoms with Crippen LogP contribution < -0.4 is 0 Å². The Hall–Kier alpha value is -0.380. The highest BCUT2D eigenvalue weighted by Gasteiger charge is 2.21. The summed E-state index contributed by atoms with van der Waals surface area (Å²) >= 11 is 3.46. The molecule has 0 radical (unpaired) electrons. The van der Waals surface area contributed by atoms with Crippen molar-refractivity contribution in [3.63, 3.8) is 0 Å². The Morgan fingerprint density at radius 1 is 1.27 bits per heavy atom. The van der Waals surface area contributed by atoms with E-state index in [2.05, 4.69) is 37.6 Å². The van der Waals surface area contributed by atoms with Gasteiger partial charge in [-0.05, 0) is 19.8 Å². The Bertz CT molecular complexity index is 316. The van der Waals surface area contributed by atoms with Crippen molar-refractivity contribution in [3.8, 4) is 0 Å². The van der Waals surface area contributed by atoms with E-state index in [0.29, 0.717) is 5.92 Å². The van der Waals surface area contributed by atoms with Gasteiger partial charge in [-0.15, -0.1) is 10.2 Å². The van der Waals surface area contributed by atoms with E-state index in [1.165, 1.54) is 37.9 Å². The van der Waals surface area contributed by atoms with E-state index in [1.54, 1.807) is 0 Å². The van der Waals surface area contributed by atoms with E-state index >= 15 is 0 Å². The van der Waals surface area contributed by atoms with E-state index in [1.807, 2.05) is 0 Å². The predicted octanol–water partition coefficient (Wildman–Crippen LogP) is 3.24. The number of aromatic nitrogens is 3. The maximum atomic E-state index is 4.36. The molecule has 0 unspecified atom stereocenters. The Morgan fingerprint density at radius 2 is 2.00 bits per heavy atom. The number of hydrogen-bond donors (Lipinski definition) is 0. The highest BCUT2D eigenvalue weighted by atomic mass is 79.9. The summed E-state index contributed by atoms with van der Waals surface area (Å²) in [5, 5.41) is 9.42. The van der Waals surface area contributed by atoms with Crippen molar-refractivity contribution in [1.29, 1.82) is 0 Å². The Morgan fingerprint density at radius 3 is 2.60 bits per heavy atom. The molecule has 1 aromatic rings. The first-order valence-electron chi connectivity index (χ1n) is 5.84. The molecule has 0 spiro atoms. The van der Waals surface area contributed by atoms with Crippen LogP contribution in [0.2, 0.25) is 0 Å². The van der Waals surface area contributed by atoms with Crippen molar-refractivity contribution in [2.45, 2.75) is 56.8 Å². The summed E-state index contributed by atoms with van der Waals surface area (Å²) in [6.45, 7) is 3.15. The Balaban J connectivity index is 2.22. The van der Waals surface area contributed by atoms with Gasteiger partial charge in [0.2, 0.25) is 0 Å². The van der Waals surface area contributed by atoms with Gasteiger partial charge in [0.05, 0.1) is 5.33 Å². The average molecular weight is 272 g/mol. The molecule has 0 atom stereocenters. The van der Waals surface area contributed by atoms with E-state index < -0.39 is 0 Å². The molecule has 84 valence electrons. The van der Waals surface area contributed by atoms with Gasteiger partial charge in [-0.2, -0.15) is 0 Å². The molecule has 0 N–H and O–H groups in total. The van der Waals surface area contributed by atoms with Crippen molar-refractivity contribution >= 4 is 15.9 Å². The number of hydrogen-bond acceptors (Lipinski definition) is 2. The fraction of sp³-hybridized carbons (Fsp3) is 0.818. The molecular weight excluding hydrogens is 254 g/mol. The zero-order valence-electron chi connectivity index (χ0n) is 9.25. The highest BCUT2D eigenvalue weighted by Crippen LogP contribution is 2.31. The van der Waals surface area contributed by atoms with Gasteiger partial charge in [0, 0.05) is 12.5 Å². The molecule has 1 aromatic heterocycles. The largest absolute Gasteiger partial charge is 0.314 e. The van der Waals surface area contributed by atoms with Crippen LogP contribution in [0.4, 0.5) is 0 Å². The van der Waals surface area contributed by atoms with Gasteiger partial charge in [0.25, 0.3) is 0 Å². The minimum Gasteiger partial charge on any atom is -0.314 e. The maximum absolute atomic E-state index is 4.36. The summed E-state index contributed by atoms with van der Waals surface area (Å²) in [4.78, 5) is 0. The first-order valence-corrected chi connectivity index (χ1v) is 6.97. The lowest BCUT2D eigenvalue weighted by atomic mass is 9.88. The highest BCUT2D eigenvalue weighted by molar-refractivity contribution is 9.08. The molecule has 1 saturated carbocycles. The van der Waals surface area contributed by atoms with E-state index in [-0.39, 0.29) is 0 Å². The van der Waals surface area contributed by atoms with Gasteiger partial charge in [0.15, 0.2) is 0 Å². The van der Waals surface area contributed by atoms with Crippen molar-refractivity contribution in [2.24, 2.45) is 0 Å². The summed E-state index contributed by atoms with van der Waals surface area (Å²) in [6.07, 6.45) is 6.68. The summed E-state index contributed by atoms with van der Waals surface area (Å²) < 4.78 is 2.27. The summed E-state index contributed by atoms with van der Waals surface area (Å²) in [7, 11) is 0. The monoisotopic (exact) mass is 271 g/mol. The average Bonchev–Trinajstić information content (AvgIpc) is 2.72. The summed E-state index contributed by atoms with van der Waals surface area (Å²) in [5.41, 5.74) is 0. The lowest BCUT2D eigenvalue weighted by molar-refractivity contribution is 0.415. The Kier molecular flexibility index (Phi) is 3.78. The van der Waals surface area contributed by atoms with Crippen molar-refractivity contribution in [3.05, 3.63) is 11.6 Å². The van der Waals surface area contributed by atoms with Crippen molar-refractivity contribution in [2.75, 3.05) is 0 Å². The van der Waals surface area contributed by atoms with E-state index in [0.717, 1.165) is 17.7 Å². The van der Waals surface area contributed by atoms with E-state index in [9.17, 15) is 0 Å². The second kappa shape index (κ2) is 5.10. The predicted molar refractivity (Wildman–Crippen MR) is 64.2 cm³/mol. The third-order valence-corrected chi connectivity index (χ3v) is 3.76. The van der Waals surface area contributed by atoms with Gasteiger partial charge >= 0.3 is 0 Å².